The van der Waals surface area contributed by atoms with E-state index in [4.69, 9.17) is 0 Å². The molecule has 1 nitrogen and oxygen atoms in total. The summed E-state index contributed by atoms with van der Waals surface area (Å²) >= 11 is 0. The molecule has 0 aliphatic rings. The monoisotopic (exact) mass is 164 g/mol. The Bertz CT molecular complexity index is 315. The van der Waals surface area contributed by atoms with Crippen LogP contribution in [0.1, 0.15) is 12.5 Å². The minimum atomic E-state index is -0.325. The minimum absolute atomic E-state index is 0.325. The van der Waals surface area contributed by atoms with Crippen LogP contribution in [-0.2, 0) is 4.79 Å². The standard InChI is InChI=1S/C10H9FO/c1-2-8(7-12)9-4-3-5-10(11)6-9/h2-7H,1H3/b8-2-. The van der Waals surface area contributed by atoms with Gasteiger partial charge in [-0.15, -0.1) is 0 Å². The van der Waals surface area contributed by atoms with Crippen LogP contribution in [-0.4, -0.2) is 6.29 Å². The molecule has 0 unspecified atom stereocenters. The van der Waals surface area contributed by atoms with Crippen molar-refractivity contribution in [1.29, 1.82) is 0 Å². The van der Waals surface area contributed by atoms with Crippen molar-refractivity contribution < 1.29 is 9.18 Å². The van der Waals surface area contributed by atoms with E-state index in [2.05, 4.69) is 0 Å². The molecule has 0 aromatic heterocycles. The number of halogens is 1. The molecule has 0 amide bonds. The summed E-state index contributed by atoms with van der Waals surface area (Å²) in [7, 11) is 0. The van der Waals surface area contributed by atoms with Crippen LogP contribution < -0.4 is 0 Å². The third-order valence-electron chi connectivity index (χ3n) is 1.60. The smallest absolute Gasteiger partial charge is 0.150 e. The zero-order valence-corrected chi connectivity index (χ0v) is 6.75. The van der Waals surface area contributed by atoms with Crippen LogP contribution in [0.15, 0.2) is 30.3 Å². The average molecular weight is 164 g/mol. The van der Waals surface area contributed by atoms with Crippen LogP contribution in [0.25, 0.3) is 5.57 Å². The van der Waals surface area contributed by atoms with Crippen LogP contribution in [0.5, 0.6) is 0 Å². The van der Waals surface area contributed by atoms with E-state index >= 15 is 0 Å². The number of hydrogen-bond donors (Lipinski definition) is 0. The summed E-state index contributed by atoms with van der Waals surface area (Å²) in [5, 5.41) is 0. The van der Waals surface area contributed by atoms with Gasteiger partial charge in [-0.1, -0.05) is 18.2 Å². The molecule has 62 valence electrons. The molecular formula is C10H9FO. The molecule has 0 aliphatic carbocycles. The number of allylic oxidation sites excluding steroid dienone is 2. The summed E-state index contributed by atoms with van der Waals surface area (Å²) in [6.07, 6.45) is 2.37. The van der Waals surface area contributed by atoms with Gasteiger partial charge in [0.2, 0.25) is 0 Å². The van der Waals surface area contributed by atoms with Gasteiger partial charge in [0, 0.05) is 5.57 Å². The summed E-state index contributed by atoms with van der Waals surface area (Å²) in [5.74, 6) is -0.325. The zero-order valence-electron chi connectivity index (χ0n) is 6.75. The topological polar surface area (TPSA) is 17.1 Å². The van der Waals surface area contributed by atoms with Crippen LogP contribution in [0.3, 0.4) is 0 Å². The number of rotatable bonds is 2. The molecule has 0 spiro atoms. The summed E-state index contributed by atoms with van der Waals surface area (Å²) in [4.78, 5) is 10.5. The van der Waals surface area contributed by atoms with Gasteiger partial charge < -0.3 is 0 Å². The Morgan fingerprint density at radius 1 is 1.50 bits per heavy atom. The van der Waals surface area contributed by atoms with Gasteiger partial charge in [-0.05, 0) is 24.6 Å². The molecule has 0 radical (unpaired) electrons. The predicted molar refractivity (Wildman–Crippen MR) is 46.1 cm³/mol. The largest absolute Gasteiger partial charge is 0.298 e. The molecule has 2 heteroatoms. The lowest BCUT2D eigenvalue weighted by molar-refractivity contribution is -0.103. The Labute approximate surface area is 70.5 Å². The van der Waals surface area contributed by atoms with Crippen molar-refractivity contribution >= 4 is 11.9 Å². The van der Waals surface area contributed by atoms with Crippen LogP contribution in [0.2, 0.25) is 0 Å². The molecule has 1 aromatic rings. The second-order valence-electron chi connectivity index (χ2n) is 2.37. The molecule has 0 aliphatic heterocycles. The van der Waals surface area contributed by atoms with E-state index in [0.717, 1.165) is 6.29 Å². The highest BCUT2D eigenvalue weighted by Gasteiger charge is 1.98. The van der Waals surface area contributed by atoms with Gasteiger partial charge in [-0.2, -0.15) is 0 Å². The lowest BCUT2D eigenvalue weighted by atomic mass is 10.1. The van der Waals surface area contributed by atoms with Crippen molar-refractivity contribution in [2.24, 2.45) is 0 Å². The first kappa shape index (κ1) is 8.65. The van der Waals surface area contributed by atoms with E-state index < -0.39 is 0 Å². The molecule has 0 saturated heterocycles. The Balaban J connectivity index is 3.10. The molecule has 0 bridgehead atoms. The fourth-order valence-electron chi connectivity index (χ4n) is 0.971. The second kappa shape index (κ2) is 3.81. The maximum atomic E-state index is 12.7. The Hall–Kier alpha value is -1.44. The fourth-order valence-corrected chi connectivity index (χ4v) is 0.971. The van der Waals surface area contributed by atoms with Crippen molar-refractivity contribution in [3.8, 4) is 0 Å². The van der Waals surface area contributed by atoms with Gasteiger partial charge in [0.1, 0.15) is 12.1 Å². The summed E-state index contributed by atoms with van der Waals surface area (Å²) in [6.45, 7) is 1.74. The number of aldehydes is 1. The molecule has 0 N–H and O–H groups in total. The van der Waals surface area contributed by atoms with Gasteiger partial charge >= 0.3 is 0 Å². The van der Waals surface area contributed by atoms with Gasteiger partial charge in [0.15, 0.2) is 0 Å². The molecular weight excluding hydrogens is 155 g/mol. The molecule has 0 heterocycles. The number of benzene rings is 1. The molecule has 0 atom stereocenters. The molecule has 0 fully saturated rings. The second-order valence-corrected chi connectivity index (χ2v) is 2.37. The van der Waals surface area contributed by atoms with Crippen molar-refractivity contribution in [2.45, 2.75) is 6.92 Å². The van der Waals surface area contributed by atoms with Crippen LogP contribution in [0.4, 0.5) is 4.39 Å². The number of hydrogen-bond acceptors (Lipinski definition) is 1. The average Bonchev–Trinajstić information content (AvgIpc) is 2.07. The molecule has 1 rings (SSSR count). The summed E-state index contributed by atoms with van der Waals surface area (Å²) in [5.41, 5.74) is 1.13. The lowest BCUT2D eigenvalue weighted by Crippen LogP contribution is -1.85. The van der Waals surface area contributed by atoms with Gasteiger partial charge in [0.25, 0.3) is 0 Å². The van der Waals surface area contributed by atoms with E-state index in [0.29, 0.717) is 11.1 Å². The number of carbonyl (C=O) groups is 1. The highest BCUT2D eigenvalue weighted by atomic mass is 19.1. The van der Waals surface area contributed by atoms with E-state index in [1.165, 1.54) is 12.1 Å². The van der Waals surface area contributed by atoms with Gasteiger partial charge in [-0.3, -0.25) is 4.79 Å². The van der Waals surface area contributed by atoms with Crippen molar-refractivity contribution in [2.75, 3.05) is 0 Å². The number of carbonyl (C=O) groups excluding carboxylic acids is 1. The SMILES string of the molecule is C/C=C(/C=O)c1cccc(F)c1. The molecule has 0 saturated carbocycles. The third-order valence-corrected chi connectivity index (χ3v) is 1.60. The van der Waals surface area contributed by atoms with Crippen molar-refractivity contribution in [3.05, 3.63) is 41.7 Å². The van der Waals surface area contributed by atoms with Crippen LogP contribution >= 0.6 is 0 Å². The molecule has 1 aromatic carbocycles. The van der Waals surface area contributed by atoms with E-state index in [1.807, 2.05) is 0 Å². The Morgan fingerprint density at radius 2 is 2.25 bits per heavy atom. The van der Waals surface area contributed by atoms with Gasteiger partial charge in [0.05, 0.1) is 0 Å². The van der Waals surface area contributed by atoms with E-state index in [1.54, 1.807) is 25.1 Å². The minimum Gasteiger partial charge on any atom is -0.298 e. The first-order valence-corrected chi connectivity index (χ1v) is 3.65. The van der Waals surface area contributed by atoms with Crippen molar-refractivity contribution in [3.63, 3.8) is 0 Å². The normalized spacial score (nSPS) is 11.3. The summed E-state index contributed by atoms with van der Waals surface area (Å²) in [6, 6.07) is 5.97. The van der Waals surface area contributed by atoms with E-state index in [-0.39, 0.29) is 5.82 Å². The van der Waals surface area contributed by atoms with Crippen LogP contribution in [0, 0.1) is 5.82 Å². The van der Waals surface area contributed by atoms with Gasteiger partial charge in [-0.25, -0.2) is 4.39 Å². The summed E-state index contributed by atoms with van der Waals surface area (Å²) < 4.78 is 12.7. The quantitative estimate of drug-likeness (QED) is 0.484. The fraction of sp³-hybridized carbons (Fsp3) is 0.100. The third kappa shape index (κ3) is 1.78. The highest BCUT2D eigenvalue weighted by molar-refractivity contribution is 6.06. The maximum absolute atomic E-state index is 12.7. The maximum Gasteiger partial charge on any atom is 0.150 e. The van der Waals surface area contributed by atoms with E-state index in [9.17, 15) is 9.18 Å². The highest BCUT2D eigenvalue weighted by Crippen LogP contribution is 2.12. The Morgan fingerprint density at radius 3 is 2.75 bits per heavy atom. The first-order chi connectivity index (χ1) is 5.77. The van der Waals surface area contributed by atoms with Crippen molar-refractivity contribution in [1.82, 2.24) is 0 Å². The zero-order chi connectivity index (χ0) is 8.97. The Kier molecular flexibility index (Phi) is 2.75. The lowest BCUT2D eigenvalue weighted by Gasteiger charge is -1.97. The first-order valence-electron chi connectivity index (χ1n) is 3.65. The molecule has 12 heavy (non-hydrogen) atoms. The predicted octanol–water partition coefficient (Wildman–Crippen LogP) is 2.43.